The number of nitriles is 1. The Bertz CT molecular complexity index is 662. The van der Waals surface area contributed by atoms with Gasteiger partial charge < -0.3 is 9.47 Å². The monoisotopic (exact) mass is 293 g/mol. The number of ether oxygens (including phenoxy) is 2. The second-order valence-electron chi connectivity index (χ2n) is 4.06. The summed E-state index contributed by atoms with van der Waals surface area (Å²) >= 11 is 0. The molecule has 0 atom stereocenters. The number of rotatable bonds is 4. The summed E-state index contributed by atoms with van der Waals surface area (Å²) in [4.78, 5) is 0. The van der Waals surface area contributed by atoms with Crippen LogP contribution in [0.4, 0.5) is 13.2 Å². The zero-order valence-electron chi connectivity index (χ0n) is 10.7. The van der Waals surface area contributed by atoms with Crippen molar-refractivity contribution in [2.75, 3.05) is 6.61 Å². The maximum absolute atomic E-state index is 12.2. The Morgan fingerprint density at radius 2 is 1.48 bits per heavy atom. The zero-order valence-corrected chi connectivity index (χ0v) is 10.7. The molecule has 0 amide bonds. The predicted octanol–water partition coefficient (Wildman–Crippen LogP) is 4.29. The molecule has 0 aliphatic rings. The fourth-order valence-corrected chi connectivity index (χ4v) is 1.58. The topological polar surface area (TPSA) is 42.2 Å². The predicted molar refractivity (Wildman–Crippen MR) is 69.2 cm³/mol. The van der Waals surface area contributed by atoms with Crippen molar-refractivity contribution in [1.82, 2.24) is 0 Å². The molecule has 0 aliphatic heterocycles. The Labute approximate surface area is 119 Å². The Kier molecular flexibility index (Phi) is 4.33. The summed E-state index contributed by atoms with van der Waals surface area (Å²) in [6.45, 7) is -1.41. The maximum atomic E-state index is 12.2. The van der Waals surface area contributed by atoms with E-state index in [1.807, 2.05) is 6.07 Å². The Morgan fingerprint density at radius 1 is 0.905 bits per heavy atom. The molecule has 0 heterocycles. The number of alkyl halides is 3. The fraction of sp³-hybridized carbons (Fsp3) is 0.133. The first-order valence-electron chi connectivity index (χ1n) is 5.95. The molecule has 2 aromatic carbocycles. The summed E-state index contributed by atoms with van der Waals surface area (Å²) in [5.41, 5.74) is 0.281. The highest BCUT2D eigenvalue weighted by molar-refractivity contribution is 5.48. The van der Waals surface area contributed by atoms with Gasteiger partial charge in [0.1, 0.15) is 11.8 Å². The van der Waals surface area contributed by atoms with E-state index in [-0.39, 0.29) is 22.8 Å². The maximum Gasteiger partial charge on any atom is 0.422 e. The van der Waals surface area contributed by atoms with Crippen LogP contribution >= 0.6 is 0 Å². The molecule has 0 spiro atoms. The van der Waals surface area contributed by atoms with Gasteiger partial charge in [0, 0.05) is 0 Å². The van der Waals surface area contributed by atoms with Gasteiger partial charge in [-0.2, -0.15) is 18.4 Å². The third kappa shape index (κ3) is 4.14. The third-order valence-corrected chi connectivity index (χ3v) is 2.47. The quantitative estimate of drug-likeness (QED) is 0.844. The first-order valence-corrected chi connectivity index (χ1v) is 5.95. The van der Waals surface area contributed by atoms with Crippen LogP contribution in [0.1, 0.15) is 5.56 Å². The SMILES string of the molecule is N#Cc1ccccc1Oc1ccccc1OCC(F)(F)F. The highest BCUT2D eigenvalue weighted by Gasteiger charge is 2.29. The van der Waals surface area contributed by atoms with Crippen LogP contribution in [-0.2, 0) is 0 Å². The van der Waals surface area contributed by atoms with Gasteiger partial charge in [-0.05, 0) is 24.3 Å². The van der Waals surface area contributed by atoms with Crippen LogP contribution in [0.15, 0.2) is 48.5 Å². The van der Waals surface area contributed by atoms with E-state index >= 15 is 0 Å². The summed E-state index contributed by atoms with van der Waals surface area (Å²) < 4.78 is 46.8. The standard InChI is InChI=1S/C15H10F3NO2/c16-15(17,18)10-20-13-7-3-4-8-14(13)21-12-6-2-1-5-11(12)9-19/h1-8H,10H2. The Balaban J connectivity index is 2.23. The van der Waals surface area contributed by atoms with Gasteiger partial charge in [0.25, 0.3) is 0 Å². The van der Waals surface area contributed by atoms with Crippen LogP contribution in [0.3, 0.4) is 0 Å². The minimum atomic E-state index is -4.43. The van der Waals surface area contributed by atoms with Gasteiger partial charge in [0.15, 0.2) is 18.1 Å². The van der Waals surface area contributed by atoms with Crippen LogP contribution in [0.5, 0.6) is 17.2 Å². The minimum Gasteiger partial charge on any atom is -0.480 e. The van der Waals surface area contributed by atoms with Crippen molar-refractivity contribution in [3.05, 3.63) is 54.1 Å². The lowest BCUT2D eigenvalue weighted by atomic mass is 10.2. The van der Waals surface area contributed by atoms with Gasteiger partial charge in [0.2, 0.25) is 0 Å². The molecule has 108 valence electrons. The van der Waals surface area contributed by atoms with E-state index in [0.717, 1.165) is 0 Å². The molecule has 0 saturated carbocycles. The van der Waals surface area contributed by atoms with Gasteiger partial charge >= 0.3 is 6.18 Å². The summed E-state index contributed by atoms with van der Waals surface area (Å²) in [6.07, 6.45) is -4.43. The molecule has 6 heteroatoms. The van der Waals surface area contributed by atoms with Gasteiger partial charge in [-0.15, -0.1) is 0 Å². The first-order chi connectivity index (χ1) is 9.99. The van der Waals surface area contributed by atoms with Gasteiger partial charge in [-0.3, -0.25) is 0 Å². The average molecular weight is 293 g/mol. The van der Waals surface area contributed by atoms with Crippen molar-refractivity contribution >= 4 is 0 Å². The molecule has 2 rings (SSSR count). The molecule has 2 aromatic rings. The molecular formula is C15H10F3NO2. The summed E-state index contributed by atoms with van der Waals surface area (Å²) in [5.74, 6) is 0.329. The molecule has 0 aromatic heterocycles. The van der Waals surface area contributed by atoms with E-state index in [4.69, 9.17) is 14.7 Å². The van der Waals surface area contributed by atoms with Crippen LogP contribution in [0, 0.1) is 11.3 Å². The van der Waals surface area contributed by atoms with Crippen molar-refractivity contribution in [2.24, 2.45) is 0 Å². The van der Waals surface area contributed by atoms with E-state index in [0.29, 0.717) is 0 Å². The first kappa shape index (κ1) is 14.7. The van der Waals surface area contributed by atoms with E-state index in [9.17, 15) is 13.2 Å². The number of nitrogens with zero attached hydrogens (tertiary/aromatic N) is 1. The molecule has 0 unspecified atom stereocenters. The van der Waals surface area contributed by atoms with Crippen molar-refractivity contribution in [3.63, 3.8) is 0 Å². The van der Waals surface area contributed by atoms with E-state index < -0.39 is 12.8 Å². The number of para-hydroxylation sites is 3. The smallest absolute Gasteiger partial charge is 0.422 e. The van der Waals surface area contributed by atoms with Crippen molar-refractivity contribution < 1.29 is 22.6 Å². The molecule has 0 aliphatic carbocycles. The van der Waals surface area contributed by atoms with Crippen molar-refractivity contribution in [2.45, 2.75) is 6.18 Å². The van der Waals surface area contributed by atoms with Crippen LogP contribution in [0.25, 0.3) is 0 Å². The second kappa shape index (κ2) is 6.18. The molecule has 21 heavy (non-hydrogen) atoms. The molecule has 0 fully saturated rings. The third-order valence-electron chi connectivity index (χ3n) is 2.47. The Morgan fingerprint density at radius 3 is 2.10 bits per heavy atom. The zero-order chi connectivity index (χ0) is 15.3. The van der Waals surface area contributed by atoms with Crippen molar-refractivity contribution in [3.8, 4) is 23.3 Å². The van der Waals surface area contributed by atoms with Crippen LogP contribution in [0.2, 0.25) is 0 Å². The molecule has 0 bridgehead atoms. The van der Waals surface area contributed by atoms with E-state index in [2.05, 4.69) is 0 Å². The summed E-state index contributed by atoms with van der Waals surface area (Å²) in [6, 6.07) is 14.4. The average Bonchev–Trinajstić information content (AvgIpc) is 2.46. The summed E-state index contributed by atoms with van der Waals surface area (Å²) in [7, 11) is 0. The molecule has 0 saturated heterocycles. The number of hydrogen-bond acceptors (Lipinski definition) is 3. The Hall–Kier alpha value is -2.68. The normalized spacial score (nSPS) is 10.8. The number of hydrogen-bond donors (Lipinski definition) is 0. The molecular weight excluding hydrogens is 283 g/mol. The largest absolute Gasteiger partial charge is 0.480 e. The molecule has 3 nitrogen and oxygen atoms in total. The van der Waals surface area contributed by atoms with Gasteiger partial charge in [0.05, 0.1) is 5.56 Å². The van der Waals surface area contributed by atoms with E-state index in [1.165, 1.54) is 18.2 Å². The molecule has 0 N–H and O–H groups in total. The second-order valence-corrected chi connectivity index (χ2v) is 4.06. The lowest BCUT2D eigenvalue weighted by Crippen LogP contribution is -2.19. The number of halogens is 3. The van der Waals surface area contributed by atoms with E-state index in [1.54, 1.807) is 30.3 Å². The summed E-state index contributed by atoms with van der Waals surface area (Å²) in [5, 5.41) is 8.97. The lowest BCUT2D eigenvalue weighted by Gasteiger charge is -2.14. The fourth-order valence-electron chi connectivity index (χ4n) is 1.58. The van der Waals surface area contributed by atoms with Gasteiger partial charge in [-0.25, -0.2) is 0 Å². The van der Waals surface area contributed by atoms with Crippen molar-refractivity contribution in [1.29, 1.82) is 5.26 Å². The van der Waals surface area contributed by atoms with Crippen LogP contribution < -0.4 is 9.47 Å². The van der Waals surface area contributed by atoms with Gasteiger partial charge in [-0.1, -0.05) is 24.3 Å². The minimum absolute atomic E-state index is 0.0393. The molecule has 0 radical (unpaired) electrons. The lowest BCUT2D eigenvalue weighted by molar-refractivity contribution is -0.153. The number of benzene rings is 2. The van der Waals surface area contributed by atoms with Crippen LogP contribution in [-0.4, -0.2) is 12.8 Å². The highest BCUT2D eigenvalue weighted by atomic mass is 19.4. The highest BCUT2D eigenvalue weighted by Crippen LogP contribution is 2.33.